The smallest absolute Gasteiger partial charge is 0.237 e. The van der Waals surface area contributed by atoms with Gasteiger partial charge >= 0.3 is 0 Å². The van der Waals surface area contributed by atoms with E-state index in [4.69, 9.17) is 15.2 Å². The minimum absolute atomic E-state index is 0.116. The lowest BCUT2D eigenvalue weighted by Crippen LogP contribution is -2.43. The van der Waals surface area contributed by atoms with E-state index in [0.29, 0.717) is 18.0 Å². The second-order valence-corrected chi connectivity index (χ2v) is 4.68. The van der Waals surface area contributed by atoms with Crippen LogP contribution >= 0.6 is 0 Å². The van der Waals surface area contributed by atoms with E-state index in [2.05, 4.69) is 5.32 Å². The van der Waals surface area contributed by atoms with Crippen molar-refractivity contribution in [2.75, 3.05) is 14.2 Å². The van der Waals surface area contributed by atoms with Gasteiger partial charge < -0.3 is 20.5 Å². The Kier molecular flexibility index (Phi) is 5.63. The summed E-state index contributed by atoms with van der Waals surface area (Å²) in [5.41, 5.74) is 6.70. The lowest BCUT2D eigenvalue weighted by Gasteiger charge is -2.16. The lowest BCUT2D eigenvalue weighted by atomic mass is 10.0. The molecular formula is C14H22N2O3. The Bertz CT molecular complexity index is 433. The number of methoxy groups -OCH3 is 2. The molecule has 1 amide bonds. The summed E-state index contributed by atoms with van der Waals surface area (Å²) in [5, 5.41) is 2.81. The van der Waals surface area contributed by atoms with E-state index in [0.717, 1.165) is 5.56 Å². The van der Waals surface area contributed by atoms with E-state index in [1.54, 1.807) is 14.2 Å². The first-order valence-corrected chi connectivity index (χ1v) is 6.23. The van der Waals surface area contributed by atoms with E-state index in [1.165, 1.54) is 0 Å². The number of benzene rings is 1. The zero-order valence-corrected chi connectivity index (χ0v) is 11.9. The van der Waals surface area contributed by atoms with Crippen LogP contribution in [0.1, 0.15) is 19.4 Å². The maximum absolute atomic E-state index is 11.7. The molecule has 5 nitrogen and oxygen atoms in total. The molecule has 1 rings (SSSR count). The van der Waals surface area contributed by atoms with Gasteiger partial charge in [0.05, 0.1) is 20.3 Å². The molecule has 0 fully saturated rings. The van der Waals surface area contributed by atoms with E-state index >= 15 is 0 Å². The first-order chi connectivity index (χ1) is 8.99. The normalized spacial score (nSPS) is 12.1. The van der Waals surface area contributed by atoms with Gasteiger partial charge in [0.1, 0.15) is 0 Å². The Balaban J connectivity index is 2.66. The van der Waals surface area contributed by atoms with Gasteiger partial charge in [-0.3, -0.25) is 4.79 Å². The highest BCUT2D eigenvalue weighted by molar-refractivity contribution is 5.81. The molecule has 0 saturated heterocycles. The molecule has 106 valence electrons. The maximum atomic E-state index is 11.7. The first kappa shape index (κ1) is 15.3. The number of carbonyl (C=O) groups is 1. The van der Waals surface area contributed by atoms with Crippen molar-refractivity contribution in [1.29, 1.82) is 0 Å². The Labute approximate surface area is 114 Å². The van der Waals surface area contributed by atoms with E-state index in [9.17, 15) is 4.79 Å². The summed E-state index contributed by atoms with van der Waals surface area (Å²) < 4.78 is 10.4. The molecule has 0 spiro atoms. The van der Waals surface area contributed by atoms with Crippen molar-refractivity contribution in [3.8, 4) is 11.5 Å². The van der Waals surface area contributed by atoms with Crippen LogP contribution < -0.4 is 20.5 Å². The molecular weight excluding hydrogens is 244 g/mol. The first-order valence-electron chi connectivity index (χ1n) is 6.23. The van der Waals surface area contributed by atoms with E-state index in [-0.39, 0.29) is 11.8 Å². The SMILES string of the molecule is COc1ccc(CNC(=O)[C@H](N)C(C)C)cc1OC. The van der Waals surface area contributed by atoms with E-state index < -0.39 is 6.04 Å². The van der Waals surface area contributed by atoms with Crippen molar-refractivity contribution in [2.24, 2.45) is 11.7 Å². The molecule has 0 heterocycles. The number of hydrogen-bond donors (Lipinski definition) is 2. The van der Waals surface area contributed by atoms with Gasteiger partial charge in [-0.15, -0.1) is 0 Å². The molecule has 0 radical (unpaired) electrons. The Morgan fingerprint density at radius 3 is 2.42 bits per heavy atom. The van der Waals surface area contributed by atoms with Crippen molar-refractivity contribution in [3.05, 3.63) is 23.8 Å². The van der Waals surface area contributed by atoms with Gasteiger partial charge in [-0.05, 0) is 23.6 Å². The van der Waals surface area contributed by atoms with Gasteiger partial charge in [0.15, 0.2) is 11.5 Å². The molecule has 1 aromatic rings. The number of hydrogen-bond acceptors (Lipinski definition) is 4. The summed E-state index contributed by atoms with van der Waals surface area (Å²) in [5.74, 6) is 1.27. The number of nitrogens with one attached hydrogen (secondary N) is 1. The molecule has 0 aliphatic heterocycles. The van der Waals surface area contributed by atoms with Crippen molar-refractivity contribution in [1.82, 2.24) is 5.32 Å². The second kappa shape index (κ2) is 6.99. The predicted octanol–water partition coefficient (Wildman–Crippen LogP) is 1.30. The fourth-order valence-corrected chi connectivity index (χ4v) is 1.60. The molecule has 0 saturated carbocycles. The number of amides is 1. The lowest BCUT2D eigenvalue weighted by molar-refractivity contribution is -0.123. The Hall–Kier alpha value is -1.75. The third kappa shape index (κ3) is 4.13. The largest absolute Gasteiger partial charge is 0.493 e. The summed E-state index contributed by atoms with van der Waals surface area (Å²) in [6.07, 6.45) is 0. The topological polar surface area (TPSA) is 73.6 Å². The average molecular weight is 266 g/mol. The fraction of sp³-hybridized carbons (Fsp3) is 0.500. The standard InChI is InChI=1S/C14H22N2O3/c1-9(2)13(15)14(17)16-8-10-5-6-11(18-3)12(7-10)19-4/h5-7,9,13H,8,15H2,1-4H3,(H,16,17)/t13-/m1/s1. The number of rotatable bonds is 6. The Morgan fingerprint density at radius 2 is 1.89 bits per heavy atom. The van der Waals surface area contributed by atoms with Crippen LogP contribution in [0.3, 0.4) is 0 Å². The summed E-state index contributed by atoms with van der Waals surface area (Å²) in [4.78, 5) is 11.7. The number of nitrogens with two attached hydrogens (primary N) is 1. The van der Waals surface area contributed by atoms with Gasteiger partial charge in [0.25, 0.3) is 0 Å². The summed E-state index contributed by atoms with van der Waals surface area (Å²) in [6, 6.07) is 5.03. The van der Waals surface area contributed by atoms with Gasteiger partial charge in [-0.25, -0.2) is 0 Å². The Morgan fingerprint density at radius 1 is 1.26 bits per heavy atom. The van der Waals surface area contributed by atoms with Crippen molar-refractivity contribution in [3.63, 3.8) is 0 Å². The fourth-order valence-electron chi connectivity index (χ4n) is 1.60. The molecule has 1 aromatic carbocycles. The minimum atomic E-state index is -0.486. The van der Waals surface area contributed by atoms with Crippen LogP contribution in [0.2, 0.25) is 0 Å². The predicted molar refractivity (Wildman–Crippen MR) is 74.2 cm³/mol. The van der Waals surface area contributed by atoms with Crippen LogP contribution in [-0.4, -0.2) is 26.2 Å². The summed E-state index contributed by atoms with van der Waals surface area (Å²) in [6.45, 7) is 4.25. The molecule has 5 heteroatoms. The third-order valence-corrected chi connectivity index (χ3v) is 2.94. The van der Waals surface area contributed by atoms with Crippen molar-refractivity contribution in [2.45, 2.75) is 26.4 Å². The minimum Gasteiger partial charge on any atom is -0.493 e. The highest BCUT2D eigenvalue weighted by Crippen LogP contribution is 2.27. The molecule has 0 aliphatic rings. The van der Waals surface area contributed by atoms with Crippen LogP contribution in [0.5, 0.6) is 11.5 Å². The van der Waals surface area contributed by atoms with Crippen LogP contribution in [0.15, 0.2) is 18.2 Å². The van der Waals surface area contributed by atoms with Gasteiger partial charge in [-0.1, -0.05) is 19.9 Å². The monoisotopic (exact) mass is 266 g/mol. The zero-order chi connectivity index (χ0) is 14.4. The molecule has 0 bridgehead atoms. The van der Waals surface area contributed by atoms with Gasteiger partial charge in [0.2, 0.25) is 5.91 Å². The number of ether oxygens (including phenoxy) is 2. The molecule has 0 aromatic heterocycles. The van der Waals surface area contributed by atoms with Crippen LogP contribution in [0, 0.1) is 5.92 Å². The second-order valence-electron chi connectivity index (χ2n) is 4.68. The molecule has 0 aliphatic carbocycles. The van der Waals surface area contributed by atoms with Crippen LogP contribution in [0.25, 0.3) is 0 Å². The third-order valence-electron chi connectivity index (χ3n) is 2.94. The van der Waals surface area contributed by atoms with Gasteiger partial charge in [0, 0.05) is 6.54 Å². The van der Waals surface area contributed by atoms with Gasteiger partial charge in [-0.2, -0.15) is 0 Å². The zero-order valence-electron chi connectivity index (χ0n) is 11.9. The van der Waals surface area contributed by atoms with E-state index in [1.807, 2.05) is 32.0 Å². The molecule has 1 atom stereocenters. The molecule has 3 N–H and O–H groups in total. The maximum Gasteiger partial charge on any atom is 0.237 e. The van der Waals surface area contributed by atoms with Crippen molar-refractivity contribution < 1.29 is 14.3 Å². The summed E-state index contributed by atoms with van der Waals surface area (Å²) >= 11 is 0. The number of carbonyl (C=O) groups excluding carboxylic acids is 1. The quantitative estimate of drug-likeness (QED) is 0.814. The van der Waals surface area contributed by atoms with Crippen molar-refractivity contribution >= 4 is 5.91 Å². The average Bonchev–Trinajstić information content (AvgIpc) is 2.43. The molecule has 0 unspecified atom stereocenters. The van der Waals surface area contributed by atoms with Crippen LogP contribution in [0.4, 0.5) is 0 Å². The molecule has 19 heavy (non-hydrogen) atoms. The van der Waals surface area contributed by atoms with Crippen LogP contribution in [-0.2, 0) is 11.3 Å². The highest BCUT2D eigenvalue weighted by atomic mass is 16.5. The summed E-state index contributed by atoms with van der Waals surface area (Å²) in [7, 11) is 3.16. The highest BCUT2D eigenvalue weighted by Gasteiger charge is 2.16.